The van der Waals surface area contributed by atoms with E-state index < -0.39 is 0 Å². The fourth-order valence-electron chi connectivity index (χ4n) is 2.16. The zero-order valence-electron chi connectivity index (χ0n) is 9.03. The minimum Gasteiger partial charge on any atom is -0.367 e. The molecular formula is C12H13ClN2O. The fourth-order valence-corrected chi connectivity index (χ4v) is 2.33. The maximum Gasteiger partial charge on any atom is 0.136 e. The number of nitrogens with one attached hydrogen (secondary N) is 1. The Morgan fingerprint density at radius 2 is 2.31 bits per heavy atom. The van der Waals surface area contributed by atoms with Crippen LogP contribution in [0.3, 0.4) is 0 Å². The van der Waals surface area contributed by atoms with Gasteiger partial charge in [-0.1, -0.05) is 11.6 Å². The first-order chi connectivity index (χ1) is 7.72. The summed E-state index contributed by atoms with van der Waals surface area (Å²) in [6.07, 6.45) is 2.58. The second-order valence-corrected chi connectivity index (χ2v) is 4.73. The van der Waals surface area contributed by atoms with E-state index in [9.17, 15) is 0 Å². The van der Waals surface area contributed by atoms with Crippen molar-refractivity contribution in [3.8, 4) is 0 Å². The van der Waals surface area contributed by atoms with Crippen LogP contribution in [0.1, 0.15) is 31.7 Å². The van der Waals surface area contributed by atoms with E-state index in [2.05, 4.69) is 16.9 Å². The van der Waals surface area contributed by atoms with Crippen LogP contribution in [-0.4, -0.2) is 16.1 Å². The van der Waals surface area contributed by atoms with E-state index in [4.69, 9.17) is 16.3 Å². The predicted molar refractivity (Wildman–Crippen MR) is 63.6 cm³/mol. The van der Waals surface area contributed by atoms with Crippen molar-refractivity contribution in [2.45, 2.75) is 32.0 Å². The van der Waals surface area contributed by atoms with Gasteiger partial charge in [0, 0.05) is 5.02 Å². The Hall–Kier alpha value is -1.06. The molecule has 3 rings (SSSR count). The molecule has 1 aromatic carbocycles. The summed E-state index contributed by atoms with van der Waals surface area (Å²) in [6.45, 7) is 2.10. The first kappa shape index (κ1) is 10.1. The second kappa shape index (κ2) is 3.75. The number of H-pyrrole nitrogens is 1. The average molecular weight is 237 g/mol. The number of benzene rings is 1. The van der Waals surface area contributed by atoms with Gasteiger partial charge in [0.2, 0.25) is 0 Å². The molecule has 16 heavy (non-hydrogen) atoms. The van der Waals surface area contributed by atoms with Gasteiger partial charge in [0.25, 0.3) is 0 Å². The van der Waals surface area contributed by atoms with Crippen LogP contribution in [0.15, 0.2) is 18.2 Å². The lowest BCUT2D eigenvalue weighted by Crippen LogP contribution is -2.02. The number of hydrogen-bond donors (Lipinski definition) is 1. The first-order valence-corrected chi connectivity index (χ1v) is 5.91. The summed E-state index contributed by atoms with van der Waals surface area (Å²) >= 11 is 5.93. The molecule has 1 aromatic heterocycles. The molecule has 2 unspecified atom stereocenters. The van der Waals surface area contributed by atoms with E-state index in [-0.39, 0.29) is 6.10 Å². The van der Waals surface area contributed by atoms with Crippen molar-refractivity contribution in [1.82, 2.24) is 9.97 Å². The molecule has 0 aliphatic carbocycles. The highest BCUT2D eigenvalue weighted by Crippen LogP contribution is 2.32. The summed E-state index contributed by atoms with van der Waals surface area (Å²) in [5.74, 6) is 0.918. The Morgan fingerprint density at radius 1 is 1.44 bits per heavy atom. The molecule has 84 valence electrons. The number of halogens is 1. The third-order valence-electron chi connectivity index (χ3n) is 3.00. The van der Waals surface area contributed by atoms with Crippen LogP contribution >= 0.6 is 11.6 Å². The molecule has 1 aliphatic heterocycles. The quantitative estimate of drug-likeness (QED) is 0.824. The Labute approximate surface area is 98.8 Å². The number of ether oxygens (including phenoxy) is 1. The zero-order valence-corrected chi connectivity index (χ0v) is 9.79. The molecule has 1 aliphatic rings. The number of aromatic amines is 1. The fraction of sp³-hybridized carbons (Fsp3) is 0.417. The Morgan fingerprint density at radius 3 is 3.06 bits per heavy atom. The maximum atomic E-state index is 5.93. The molecule has 2 aromatic rings. The van der Waals surface area contributed by atoms with Gasteiger partial charge < -0.3 is 9.72 Å². The Balaban J connectivity index is 1.99. The molecule has 0 radical (unpaired) electrons. The maximum absolute atomic E-state index is 5.93. The Kier molecular flexibility index (Phi) is 2.37. The molecule has 0 bridgehead atoms. The SMILES string of the molecule is CC1CCC(c2nc3ccc(Cl)cc3[nH]2)O1. The highest BCUT2D eigenvalue weighted by molar-refractivity contribution is 6.31. The monoisotopic (exact) mass is 236 g/mol. The zero-order chi connectivity index (χ0) is 11.1. The average Bonchev–Trinajstić information content (AvgIpc) is 2.83. The van der Waals surface area contributed by atoms with Crippen molar-refractivity contribution in [1.29, 1.82) is 0 Å². The van der Waals surface area contributed by atoms with Crippen LogP contribution < -0.4 is 0 Å². The normalized spacial score (nSPS) is 25.4. The molecule has 4 heteroatoms. The molecule has 0 amide bonds. The number of fused-ring (bicyclic) bond motifs is 1. The van der Waals surface area contributed by atoms with Gasteiger partial charge in [-0.05, 0) is 38.0 Å². The minimum absolute atomic E-state index is 0.112. The van der Waals surface area contributed by atoms with Crippen LogP contribution in [0.5, 0.6) is 0 Å². The molecular weight excluding hydrogens is 224 g/mol. The molecule has 1 saturated heterocycles. The highest BCUT2D eigenvalue weighted by Gasteiger charge is 2.25. The summed E-state index contributed by atoms with van der Waals surface area (Å²) < 4.78 is 5.78. The smallest absolute Gasteiger partial charge is 0.136 e. The lowest BCUT2D eigenvalue weighted by molar-refractivity contribution is 0.0510. The Bertz CT molecular complexity index is 523. The first-order valence-electron chi connectivity index (χ1n) is 5.53. The number of nitrogens with zero attached hydrogens (tertiary/aromatic N) is 1. The van der Waals surface area contributed by atoms with Gasteiger partial charge in [0.1, 0.15) is 11.9 Å². The number of imidazole rings is 1. The van der Waals surface area contributed by atoms with Gasteiger partial charge in [-0.2, -0.15) is 0 Å². The van der Waals surface area contributed by atoms with E-state index in [1.54, 1.807) is 0 Å². The number of rotatable bonds is 1. The molecule has 1 N–H and O–H groups in total. The highest BCUT2D eigenvalue weighted by atomic mass is 35.5. The van der Waals surface area contributed by atoms with Crippen LogP contribution in [-0.2, 0) is 4.74 Å². The van der Waals surface area contributed by atoms with Crippen molar-refractivity contribution < 1.29 is 4.74 Å². The van der Waals surface area contributed by atoms with Gasteiger partial charge >= 0.3 is 0 Å². The lowest BCUT2D eigenvalue weighted by atomic mass is 10.2. The van der Waals surface area contributed by atoms with E-state index in [0.29, 0.717) is 6.10 Å². The van der Waals surface area contributed by atoms with Gasteiger partial charge in [-0.3, -0.25) is 0 Å². The molecule has 3 nitrogen and oxygen atoms in total. The lowest BCUT2D eigenvalue weighted by Gasteiger charge is -2.06. The predicted octanol–water partition coefficient (Wildman–Crippen LogP) is 3.46. The summed E-state index contributed by atoms with van der Waals surface area (Å²) in [6, 6.07) is 5.68. The van der Waals surface area contributed by atoms with Gasteiger partial charge in [0.05, 0.1) is 17.1 Å². The van der Waals surface area contributed by atoms with Gasteiger partial charge in [0.15, 0.2) is 0 Å². The van der Waals surface area contributed by atoms with Crippen LogP contribution in [0.4, 0.5) is 0 Å². The van der Waals surface area contributed by atoms with Crippen molar-refractivity contribution in [2.75, 3.05) is 0 Å². The van der Waals surface area contributed by atoms with Crippen LogP contribution in [0.25, 0.3) is 11.0 Å². The van der Waals surface area contributed by atoms with Crippen molar-refractivity contribution in [2.24, 2.45) is 0 Å². The van der Waals surface area contributed by atoms with Crippen LogP contribution in [0.2, 0.25) is 5.02 Å². The summed E-state index contributed by atoms with van der Waals surface area (Å²) in [5.41, 5.74) is 1.92. The summed E-state index contributed by atoms with van der Waals surface area (Å²) in [4.78, 5) is 7.81. The molecule has 2 heterocycles. The molecule has 1 fully saturated rings. The van der Waals surface area contributed by atoms with Crippen molar-refractivity contribution in [3.05, 3.63) is 29.0 Å². The van der Waals surface area contributed by atoms with E-state index in [0.717, 1.165) is 34.7 Å². The third-order valence-corrected chi connectivity index (χ3v) is 3.23. The minimum atomic E-state index is 0.112. The topological polar surface area (TPSA) is 37.9 Å². The van der Waals surface area contributed by atoms with Gasteiger partial charge in [-0.25, -0.2) is 4.98 Å². The van der Waals surface area contributed by atoms with E-state index >= 15 is 0 Å². The standard InChI is InChI=1S/C12H13ClN2O/c1-7-2-5-11(16-7)12-14-9-4-3-8(13)6-10(9)15-12/h3-4,6-7,11H,2,5H2,1H3,(H,14,15). The summed E-state index contributed by atoms with van der Waals surface area (Å²) in [5, 5.41) is 0.725. The van der Waals surface area contributed by atoms with E-state index in [1.807, 2.05) is 18.2 Å². The molecule has 0 spiro atoms. The third kappa shape index (κ3) is 1.70. The number of hydrogen-bond acceptors (Lipinski definition) is 2. The molecule has 0 saturated carbocycles. The second-order valence-electron chi connectivity index (χ2n) is 4.30. The number of aromatic nitrogens is 2. The van der Waals surface area contributed by atoms with E-state index in [1.165, 1.54) is 0 Å². The molecule has 2 atom stereocenters. The van der Waals surface area contributed by atoms with Crippen molar-refractivity contribution >= 4 is 22.6 Å². The van der Waals surface area contributed by atoms with Gasteiger partial charge in [-0.15, -0.1) is 0 Å². The summed E-state index contributed by atoms with van der Waals surface area (Å²) in [7, 11) is 0. The van der Waals surface area contributed by atoms with Crippen LogP contribution in [0, 0.1) is 0 Å². The van der Waals surface area contributed by atoms with Crippen molar-refractivity contribution in [3.63, 3.8) is 0 Å². The largest absolute Gasteiger partial charge is 0.367 e.